The highest BCUT2D eigenvalue weighted by Gasteiger charge is 2.14. The molecule has 6 heteroatoms. The van der Waals surface area contributed by atoms with E-state index < -0.39 is 10.1 Å². The third-order valence-electron chi connectivity index (χ3n) is 2.82. The van der Waals surface area contributed by atoms with Crippen LogP contribution in [0.5, 0.6) is 11.5 Å². The molecule has 0 radical (unpaired) electrons. The first-order chi connectivity index (χ1) is 10.3. The average molecular weight is 320 g/mol. The van der Waals surface area contributed by atoms with Crippen molar-refractivity contribution in [1.29, 1.82) is 0 Å². The van der Waals surface area contributed by atoms with Gasteiger partial charge in [0.2, 0.25) is 0 Å². The fraction of sp³-hybridized carbons (Fsp3) is 0.188. The number of carbonyl (C=O) groups excluding carboxylic acids is 1. The summed E-state index contributed by atoms with van der Waals surface area (Å²) >= 11 is 0. The summed E-state index contributed by atoms with van der Waals surface area (Å²) in [7, 11) is -3.72. The van der Waals surface area contributed by atoms with Crippen LogP contribution in [0.2, 0.25) is 0 Å². The molecule has 0 aromatic heterocycles. The summed E-state index contributed by atoms with van der Waals surface area (Å²) < 4.78 is 33.0. The molecule has 0 aliphatic heterocycles. The van der Waals surface area contributed by atoms with Crippen LogP contribution < -0.4 is 8.92 Å². The van der Waals surface area contributed by atoms with Gasteiger partial charge in [0.05, 0.1) is 11.8 Å². The van der Waals surface area contributed by atoms with E-state index in [0.29, 0.717) is 12.4 Å². The lowest BCUT2D eigenvalue weighted by Crippen LogP contribution is -2.09. The quantitative estimate of drug-likeness (QED) is 0.604. The second kappa shape index (κ2) is 6.62. The molecule has 0 unspecified atom stereocenters. The topological polar surface area (TPSA) is 69.7 Å². The van der Waals surface area contributed by atoms with Gasteiger partial charge in [-0.2, -0.15) is 8.42 Å². The molecule has 0 atom stereocenters. The average Bonchev–Trinajstić information content (AvgIpc) is 2.44. The number of hydrogen-bond acceptors (Lipinski definition) is 5. The molecule has 0 saturated carbocycles. The molecule has 116 valence electrons. The third kappa shape index (κ3) is 4.60. The zero-order valence-electron chi connectivity index (χ0n) is 12.3. The maximum atomic E-state index is 11.5. The fourth-order valence-electron chi connectivity index (χ4n) is 1.86. The van der Waals surface area contributed by atoms with Crippen LogP contribution in [0.15, 0.2) is 48.5 Å². The van der Waals surface area contributed by atoms with E-state index in [1.54, 1.807) is 6.07 Å². The van der Waals surface area contributed by atoms with E-state index in [4.69, 9.17) is 8.92 Å². The van der Waals surface area contributed by atoms with Gasteiger partial charge in [-0.25, -0.2) is 0 Å². The van der Waals surface area contributed by atoms with Crippen LogP contribution >= 0.6 is 0 Å². The van der Waals surface area contributed by atoms with Crippen LogP contribution in [0.1, 0.15) is 22.8 Å². The molecule has 2 aromatic rings. The summed E-state index contributed by atoms with van der Waals surface area (Å²) in [4.78, 5) is 11.5. The third-order valence-corrected chi connectivity index (χ3v) is 3.30. The lowest BCUT2D eigenvalue weighted by molar-refractivity contribution is 0.101. The molecule has 0 N–H and O–H groups in total. The molecule has 0 aliphatic carbocycles. The van der Waals surface area contributed by atoms with E-state index in [2.05, 4.69) is 0 Å². The minimum Gasteiger partial charge on any atom is -0.489 e. The molecule has 0 heterocycles. The summed E-state index contributed by atoms with van der Waals surface area (Å²) in [6.45, 7) is 1.67. The molecule has 0 spiro atoms. The van der Waals surface area contributed by atoms with Crippen molar-refractivity contribution in [3.63, 3.8) is 0 Å². The highest BCUT2D eigenvalue weighted by atomic mass is 32.2. The summed E-state index contributed by atoms with van der Waals surface area (Å²) in [5.41, 5.74) is 1.17. The van der Waals surface area contributed by atoms with Gasteiger partial charge in [-0.3, -0.25) is 4.79 Å². The van der Waals surface area contributed by atoms with Crippen molar-refractivity contribution in [1.82, 2.24) is 0 Å². The van der Waals surface area contributed by atoms with Crippen molar-refractivity contribution < 1.29 is 22.1 Å². The van der Waals surface area contributed by atoms with Crippen molar-refractivity contribution in [2.24, 2.45) is 0 Å². The van der Waals surface area contributed by atoms with E-state index in [-0.39, 0.29) is 17.1 Å². The summed E-state index contributed by atoms with van der Waals surface area (Å²) in [6.07, 6.45) is 0.925. The first-order valence-corrected chi connectivity index (χ1v) is 8.38. The standard InChI is InChI=1S/C16H16O5S/c1-12(17)15-9-8-14(10-16(15)21-22(2,18)19)20-11-13-6-4-3-5-7-13/h3-10H,11H2,1-2H3. The van der Waals surface area contributed by atoms with Crippen LogP contribution in [-0.4, -0.2) is 20.5 Å². The molecule has 0 fully saturated rings. The number of hydrogen-bond donors (Lipinski definition) is 0. The van der Waals surface area contributed by atoms with Gasteiger partial charge in [0.15, 0.2) is 11.5 Å². The maximum absolute atomic E-state index is 11.5. The Bertz CT molecular complexity index is 766. The van der Waals surface area contributed by atoms with Crippen LogP contribution in [0, 0.1) is 0 Å². The Labute approximate surface area is 129 Å². The Morgan fingerprint density at radius 3 is 2.36 bits per heavy atom. The second-order valence-electron chi connectivity index (χ2n) is 4.78. The van der Waals surface area contributed by atoms with Crippen LogP contribution in [0.4, 0.5) is 0 Å². The SMILES string of the molecule is CC(=O)c1ccc(OCc2ccccc2)cc1OS(C)(=O)=O. The van der Waals surface area contributed by atoms with Gasteiger partial charge in [-0.05, 0) is 24.6 Å². The molecule has 2 rings (SSSR count). The zero-order chi connectivity index (χ0) is 16.2. The Morgan fingerprint density at radius 1 is 1.09 bits per heavy atom. The number of benzene rings is 2. The Kier molecular flexibility index (Phi) is 4.82. The van der Waals surface area contributed by atoms with Crippen molar-refractivity contribution in [3.8, 4) is 11.5 Å². The minimum atomic E-state index is -3.72. The Morgan fingerprint density at radius 2 is 1.77 bits per heavy atom. The van der Waals surface area contributed by atoms with Gasteiger partial charge < -0.3 is 8.92 Å². The Hall–Kier alpha value is -2.34. The van der Waals surface area contributed by atoms with E-state index in [1.807, 2.05) is 30.3 Å². The van der Waals surface area contributed by atoms with E-state index in [9.17, 15) is 13.2 Å². The number of rotatable bonds is 6. The van der Waals surface area contributed by atoms with Gasteiger partial charge in [0, 0.05) is 6.07 Å². The Balaban J connectivity index is 2.22. The van der Waals surface area contributed by atoms with Crippen molar-refractivity contribution in [2.75, 3.05) is 6.26 Å². The van der Waals surface area contributed by atoms with Crippen LogP contribution in [0.3, 0.4) is 0 Å². The smallest absolute Gasteiger partial charge is 0.306 e. The predicted octanol–water partition coefficient (Wildman–Crippen LogP) is 2.81. The van der Waals surface area contributed by atoms with Gasteiger partial charge in [-0.15, -0.1) is 0 Å². The lowest BCUT2D eigenvalue weighted by atomic mass is 10.1. The van der Waals surface area contributed by atoms with E-state index in [1.165, 1.54) is 19.1 Å². The van der Waals surface area contributed by atoms with Gasteiger partial charge >= 0.3 is 10.1 Å². The first-order valence-electron chi connectivity index (χ1n) is 6.56. The van der Waals surface area contributed by atoms with Gasteiger partial charge in [0.1, 0.15) is 12.4 Å². The number of carbonyl (C=O) groups is 1. The van der Waals surface area contributed by atoms with Gasteiger partial charge in [-0.1, -0.05) is 30.3 Å². The lowest BCUT2D eigenvalue weighted by Gasteiger charge is -2.11. The van der Waals surface area contributed by atoms with Crippen LogP contribution in [0.25, 0.3) is 0 Å². The normalized spacial score (nSPS) is 11.0. The highest BCUT2D eigenvalue weighted by molar-refractivity contribution is 7.86. The molecule has 0 saturated heterocycles. The zero-order valence-corrected chi connectivity index (χ0v) is 13.1. The molecule has 5 nitrogen and oxygen atoms in total. The van der Waals surface area contributed by atoms with E-state index >= 15 is 0 Å². The molecule has 22 heavy (non-hydrogen) atoms. The molecule has 0 aliphatic rings. The summed E-state index contributed by atoms with van der Waals surface area (Å²) in [5, 5.41) is 0. The van der Waals surface area contributed by atoms with Crippen molar-refractivity contribution >= 4 is 15.9 Å². The second-order valence-corrected chi connectivity index (χ2v) is 6.35. The van der Waals surface area contributed by atoms with Crippen molar-refractivity contribution in [2.45, 2.75) is 13.5 Å². The maximum Gasteiger partial charge on any atom is 0.306 e. The molecule has 0 amide bonds. The number of Topliss-reactive ketones (excluding diaryl/α,β-unsaturated/α-hetero) is 1. The van der Waals surface area contributed by atoms with Crippen molar-refractivity contribution in [3.05, 3.63) is 59.7 Å². The summed E-state index contributed by atoms with van der Waals surface area (Å²) in [6, 6.07) is 14.0. The van der Waals surface area contributed by atoms with Crippen LogP contribution in [-0.2, 0) is 16.7 Å². The first kappa shape index (κ1) is 16.0. The number of ether oxygens (including phenoxy) is 1. The minimum absolute atomic E-state index is 0.0273. The fourth-order valence-corrected chi connectivity index (χ4v) is 2.32. The monoisotopic (exact) mass is 320 g/mol. The largest absolute Gasteiger partial charge is 0.489 e. The number of ketones is 1. The molecular formula is C16H16O5S. The summed E-state index contributed by atoms with van der Waals surface area (Å²) in [5.74, 6) is 0.112. The molecular weight excluding hydrogens is 304 g/mol. The highest BCUT2D eigenvalue weighted by Crippen LogP contribution is 2.27. The van der Waals surface area contributed by atoms with E-state index in [0.717, 1.165) is 11.8 Å². The van der Waals surface area contributed by atoms with Gasteiger partial charge in [0.25, 0.3) is 0 Å². The molecule has 2 aromatic carbocycles. The predicted molar refractivity (Wildman–Crippen MR) is 82.7 cm³/mol. The molecule has 0 bridgehead atoms.